The molecular formula is C10H10O3. The van der Waals surface area contributed by atoms with Crippen LogP contribution in [0.2, 0.25) is 0 Å². The number of ether oxygens (including phenoxy) is 2. The van der Waals surface area contributed by atoms with E-state index in [1.165, 1.54) is 5.56 Å². The highest BCUT2D eigenvalue weighted by Crippen LogP contribution is 2.34. The van der Waals surface area contributed by atoms with Crippen LogP contribution in [0.1, 0.15) is 12.5 Å². The summed E-state index contributed by atoms with van der Waals surface area (Å²) >= 11 is 0. The monoisotopic (exact) mass is 178 g/mol. The molecule has 0 radical (unpaired) electrons. The topological polar surface area (TPSA) is 35.5 Å². The third kappa shape index (κ3) is 1.37. The second kappa shape index (κ2) is 3.09. The van der Waals surface area contributed by atoms with E-state index in [4.69, 9.17) is 9.47 Å². The van der Waals surface area contributed by atoms with Crippen LogP contribution in [-0.4, -0.2) is 12.6 Å². The molecule has 1 unspecified atom stereocenters. The van der Waals surface area contributed by atoms with E-state index in [-0.39, 0.29) is 0 Å². The van der Waals surface area contributed by atoms with Gasteiger partial charge < -0.3 is 9.47 Å². The van der Waals surface area contributed by atoms with Gasteiger partial charge in [0.05, 0.1) is 0 Å². The molecule has 1 heterocycles. The van der Waals surface area contributed by atoms with Gasteiger partial charge in [-0.15, -0.1) is 0 Å². The first-order valence-corrected chi connectivity index (χ1v) is 4.25. The Morgan fingerprint density at radius 2 is 2.15 bits per heavy atom. The lowest BCUT2D eigenvalue weighted by atomic mass is 10.1. The van der Waals surface area contributed by atoms with Crippen LogP contribution < -0.4 is 9.47 Å². The zero-order valence-corrected chi connectivity index (χ0v) is 7.32. The summed E-state index contributed by atoms with van der Waals surface area (Å²) in [5.74, 6) is 1.31. The summed E-state index contributed by atoms with van der Waals surface area (Å²) < 4.78 is 10.4. The summed E-state index contributed by atoms with van der Waals surface area (Å²) in [5.41, 5.74) is 1.17. The molecule has 68 valence electrons. The predicted molar refractivity (Wildman–Crippen MR) is 46.9 cm³/mol. The fraction of sp³-hybridized carbons (Fsp3) is 0.300. The number of rotatable bonds is 2. The Hall–Kier alpha value is -1.51. The highest BCUT2D eigenvalue weighted by Gasteiger charge is 2.22. The van der Waals surface area contributed by atoms with Crippen molar-refractivity contribution < 1.29 is 14.3 Å². The van der Waals surface area contributed by atoms with Crippen LogP contribution in [0, 0.1) is 0 Å². The van der Waals surface area contributed by atoms with Gasteiger partial charge in [-0.3, -0.25) is 4.79 Å². The molecule has 0 fully saturated rings. The van der Waals surface area contributed by atoms with Gasteiger partial charge in [0.2, 0.25) is 6.29 Å². The maximum atomic E-state index is 10.4. The lowest BCUT2D eigenvalue weighted by Gasteiger charge is -1.98. The van der Waals surface area contributed by atoms with Crippen LogP contribution in [0.25, 0.3) is 0 Å². The van der Waals surface area contributed by atoms with Crippen LogP contribution in [0.15, 0.2) is 18.2 Å². The number of fused-ring (bicyclic) bond motifs is 1. The molecule has 1 aliphatic heterocycles. The van der Waals surface area contributed by atoms with Gasteiger partial charge in [0, 0.05) is 0 Å². The van der Waals surface area contributed by atoms with E-state index in [0.717, 1.165) is 6.42 Å². The average molecular weight is 178 g/mol. The van der Waals surface area contributed by atoms with Gasteiger partial charge in [-0.2, -0.15) is 0 Å². The predicted octanol–water partition coefficient (Wildman–Crippen LogP) is 1.55. The van der Waals surface area contributed by atoms with E-state index in [2.05, 4.69) is 6.92 Å². The molecule has 0 saturated carbocycles. The number of carbonyl (C=O) groups excluding carboxylic acids is 1. The van der Waals surface area contributed by atoms with Crippen LogP contribution in [0.4, 0.5) is 0 Å². The first-order valence-electron chi connectivity index (χ1n) is 4.25. The first-order chi connectivity index (χ1) is 6.33. The second-order valence-corrected chi connectivity index (χ2v) is 2.87. The molecule has 1 atom stereocenters. The summed E-state index contributed by atoms with van der Waals surface area (Å²) in [6.45, 7) is 2.06. The summed E-state index contributed by atoms with van der Waals surface area (Å²) in [7, 11) is 0. The molecule has 0 spiro atoms. The van der Waals surface area contributed by atoms with Gasteiger partial charge in [0.15, 0.2) is 11.5 Å². The van der Waals surface area contributed by atoms with Crippen LogP contribution in [0.3, 0.4) is 0 Å². The van der Waals surface area contributed by atoms with Crippen molar-refractivity contribution >= 4 is 6.29 Å². The van der Waals surface area contributed by atoms with E-state index in [9.17, 15) is 4.79 Å². The van der Waals surface area contributed by atoms with Gasteiger partial charge in [-0.25, -0.2) is 0 Å². The Morgan fingerprint density at radius 1 is 1.38 bits per heavy atom. The second-order valence-electron chi connectivity index (χ2n) is 2.87. The summed E-state index contributed by atoms with van der Waals surface area (Å²) in [6.07, 6.45) is 0.829. The van der Waals surface area contributed by atoms with E-state index in [1.54, 1.807) is 0 Å². The molecule has 0 N–H and O–H groups in total. The lowest BCUT2D eigenvalue weighted by Crippen LogP contribution is -2.18. The third-order valence-electron chi connectivity index (χ3n) is 2.01. The summed E-state index contributed by atoms with van der Waals surface area (Å²) in [5, 5.41) is 0. The molecule has 1 aliphatic rings. The normalized spacial score (nSPS) is 18.7. The van der Waals surface area contributed by atoms with Crippen LogP contribution in [-0.2, 0) is 11.2 Å². The summed E-state index contributed by atoms with van der Waals surface area (Å²) in [4.78, 5) is 10.4. The zero-order valence-electron chi connectivity index (χ0n) is 7.32. The molecule has 3 heteroatoms. The van der Waals surface area contributed by atoms with Crippen molar-refractivity contribution in [2.75, 3.05) is 0 Å². The molecule has 0 bridgehead atoms. The number of aryl methyl sites for hydroxylation is 1. The van der Waals surface area contributed by atoms with Crippen molar-refractivity contribution in [2.24, 2.45) is 0 Å². The highest BCUT2D eigenvalue weighted by molar-refractivity contribution is 5.59. The van der Waals surface area contributed by atoms with Gasteiger partial charge in [-0.1, -0.05) is 13.0 Å². The lowest BCUT2D eigenvalue weighted by molar-refractivity contribution is -0.121. The summed E-state index contributed by atoms with van der Waals surface area (Å²) in [6, 6.07) is 5.70. The first kappa shape index (κ1) is 8.10. The number of benzene rings is 1. The Labute approximate surface area is 76.3 Å². The van der Waals surface area contributed by atoms with Crippen LogP contribution >= 0.6 is 0 Å². The van der Waals surface area contributed by atoms with Gasteiger partial charge in [0.1, 0.15) is 0 Å². The molecule has 13 heavy (non-hydrogen) atoms. The standard InChI is InChI=1S/C10H10O3/c1-2-7-3-4-8-9(5-7)13-10(6-11)12-8/h3-6,10H,2H2,1H3. The van der Waals surface area contributed by atoms with Crippen molar-refractivity contribution in [3.05, 3.63) is 23.8 Å². The van der Waals surface area contributed by atoms with Crippen molar-refractivity contribution in [3.8, 4) is 11.5 Å². The maximum Gasteiger partial charge on any atom is 0.297 e. The minimum atomic E-state index is -0.762. The largest absolute Gasteiger partial charge is 0.444 e. The minimum absolute atomic E-state index is 0.644. The van der Waals surface area contributed by atoms with Gasteiger partial charge in [-0.05, 0) is 24.1 Å². The molecule has 0 amide bonds. The average Bonchev–Trinajstić information content (AvgIpc) is 2.58. The van der Waals surface area contributed by atoms with Gasteiger partial charge in [0.25, 0.3) is 6.29 Å². The Morgan fingerprint density at radius 3 is 2.85 bits per heavy atom. The molecule has 0 aliphatic carbocycles. The SMILES string of the molecule is CCc1ccc2c(c1)OC(C=O)O2. The van der Waals surface area contributed by atoms with E-state index < -0.39 is 6.29 Å². The zero-order chi connectivity index (χ0) is 9.26. The molecule has 2 rings (SSSR count). The van der Waals surface area contributed by atoms with Crippen molar-refractivity contribution in [1.29, 1.82) is 0 Å². The van der Waals surface area contributed by atoms with Crippen molar-refractivity contribution in [2.45, 2.75) is 19.6 Å². The number of aldehydes is 1. The highest BCUT2D eigenvalue weighted by atomic mass is 16.7. The van der Waals surface area contributed by atoms with Crippen molar-refractivity contribution in [3.63, 3.8) is 0 Å². The van der Waals surface area contributed by atoms with Gasteiger partial charge >= 0.3 is 0 Å². The van der Waals surface area contributed by atoms with E-state index in [0.29, 0.717) is 17.8 Å². The number of hydrogen-bond acceptors (Lipinski definition) is 3. The van der Waals surface area contributed by atoms with Crippen molar-refractivity contribution in [1.82, 2.24) is 0 Å². The Kier molecular flexibility index (Phi) is 1.93. The Bertz CT molecular complexity index is 333. The molecule has 3 nitrogen and oxygen atoms in total. The smallest absolute Gasteiger partial charge is 0.297 e. The Balaban J connectivity index is 2.30. The molecule has 1 aromatic rings. The molecule has 1 aromatic carbocycles. The van der Waals surface area contributed by atoms with E-state index >= 15 is 0 Å². The van der Waals surface area contributed by atoms with Crippen LogP contribution in [0.5, 0.6) is 11.5 Å². The molecule has 0 saturated heterocycles. The molecular weight excluding hydrogens is 168 g/mol. The fourth-order valence-corrected chi connectivity index (χ4v) is 1.29. The molecule has 0 aromatic heterocycles. The number of hydrogen-bond donors (Lipinski definition) is 0. The quantitative estimate of drug-likeness (QED) is 0.644. The minimum Gasteiger partial charge on any atom is -0.444 e. The third-order valence-corrected chi connectivity index (χ3v) is 2.01. The fourth-order valence-electron chi connectivity index (χ4n) is 1.29. The maximum absolute atomic E-state index is 10.4. The van der Waals surface area contributed by atoms with E-state index in [1.807, 2.05) is 18.2 Å². The number of carbonyl (C=O) groups is 1.